The smallest absolute Gasteiger partial charge is 0.262 e. The van der Waals surface area contributed by atoms with Crippen molar-refractivity contribution >= 4 is 21.6 Å². The number of thiophene rings is 1. The summed E-state index contributed by atoms with van der Waals surface area (Å²) in [6, 6.07) is 6.47. The van der Waals surface area contributed by atoms with E-state index in [0.29, 0.717) is 21.3 Å². The average molecular weight is 342 g/mol. The highest BCUT2D eigenvalue weighted by atomic mass is 32.1. The maximum absolute atomic E-state index is 13.7. The monoisotopic (exact) mass is 342 g/mol. The molecule has 0 aliphatic heterocycles. The summed E-state index contributed by atoms with van der Waals surface area (Å²) in [5.74, 6) is 0.202. The molecule has 4 aromatic rings. The minimum absolute atomic E-state index is 0.110. The maximum atomic E-state index is 13.7. The predicted molar refractivity (Wildman–Crippen MR) is 87.4 cm³/mol. The molecule has 3 aromatic heterocycles. The Morgan fingerprint density at radius 2 is 2.21 bits per heavy atom. The number of halogens is 1. The number of nitrogens with zero attached hydrogens (tertiary/aromatic N) is 4. The van der Waals surface area contributed by atoms with Crippen LogP contribution in [0.15, 0.2) is 45.3 Å². The zero-order chi connectivity index (χ0) is 16.7. The molecule has 8 heteroatoms. The molecular formula is C16H11FN4O2S. The van der Waals surface area contributed by atoms with Gasteiger partial charge >= 0.3 is 0 Å². The Morgan fingerprint density at radius 3 is 3.04 bits per heavy atom. The molecule has 0 aliphatic carbocycles. The number of fused-ring (bicyclic) bond motifs is 1. The van der Waals surface area contributed by atoms with Crippen LogP contribution in [-0.2, 0) is 6.54 Å². The van der Waals surface area contributed by atoms with Crippen LogP contribution in [0.25, 0.3) is 21.6 Å². The summed E-state index contributed by atoms with van der Waals surface area (Å²) in [6.45, 7) is 1.79. The minimum atomic E-state index is -0.331. The second-order valence-electron chi connectivity index (χ2n) is 5.29. The van der Waals surface area contributed by atoms with Gasteiger partial charge in [-0.05, 0) is 30.0 Å². The molecule has 0 saturated carbocycles. The molecule has 120 valence electrons. The molecule has 0 aliphatic rings. The van der Waals surface area contributed by atoms with Crippen molar-refractivity contribution in [3.05, 3.63) is 63.6 Å². The van der Waals surface area contributed by atoms with Crippen LogP contribution in [0, 0.1) is 12.7 Å². The number of benzene rings is 1. The van der Waals surface area contributed by atoms with E-state index >= 15 is 0 Å². The first-order chi connectivity index (χ1) is 11.6. The fourth-order valence-corrected chi connectivity index (χ4v) is 3.04. The Balaban J connectivity index is 1.66. The van der Waals surface area contributed by atoms with Gasteiger partial charge in [0.1, 0.15) is 17.2 Å². The molecule has 4 rings (SSSR count). The first-order valence-corrected chi connectivity index (χ1v) is 8.01. The summed E-state index contributed by atoms with van der Waals surface area (Å²) < 4.78 is 20.2. The number of aromatic nitrogens is 4. The van der Waals surface area contributed by atoms with Gasteiger partial charge in [-0.25, -0.2) is 9.37 Å². The highest BCUT2D eigenvalue weighted by Crippen LogP contribution is 2.19. The maximum Gasteiger partial charge on any atom is 0.262 e. The van der Waals surface area contributed by atoms with Crippen molar-refractivity contribution in [3.63, 3.8) is 0 Å². The number of hydrogen-bond donors (Lipinski definition) is 0. The molecule has 0 saturated heterocycles. The van der Waals surface area contributed by atoms with Crippen molar-refractivity contribution in [1.82, 2.24) is 19.7 Å². The van der Waals surface area contributed by atoms with Crippen LogP contribution < -0.4 is 5.56 Å². The molecule has 0 unspecified atom stereocenters. The number of hydrogen-bond acceptors (Lipinski definition) is 6. The van der Waals surface area contributed by atoms with Gasteiger partial charge in [-0.1, -0.05) is 17.3 Å². The zero-order valence-electron chi connectivity index (χ0n) is 12.6. The van der Waals surface area contributed by atoms with Gasteiger partial charge in [0.15, 0.2) is 0 Å². The lowest BCUT2D eigenvalue weighted by Crippen LogP contribution is -2.20. The van der Waals surface area contributed by atoms with Gasteiger partial charge < -0.3 is 4.52 Å². The summed E-state index contributed by atoms with van der Waals surface area (Å²) >= 11 is 1.41. The fourth-order valence-electron chi connectivity index (χ4n) is 2.32. The van der Waals surface area contributed by atoms with Crippen molar-refractivity contribution in [2.75, 3.05) is 0 Å². The first-order valence-electron chi connectivity index (χ1n) is 7.13. The van der Waals surface area contributed by atoms with Crippen LogP contribution >= 0.6 is 11.3 Å². The Bertz CT molecular complexity index is 1100. The van der Waals surface area contributed by atoms with Gasteiger partial charge in [0.25, 0.3) is 5.56 Å². The fraction of sp³-hybridized carbons (Fsp3) is 0.125. The van der Waals surface area contributed by atoms with E-state index in [9.17, 15) is 9.18 Å². The summed E-state index contributed by atoms with van der Waals surface area (Å²) in [5.41, 5.74) is 0.901. The lowest BCUT2D eigenvalue weighted by Gasteiger charge is -2.00. The van der Waals surface area contributed by atoms with Gasteiger partial charge in [-0.2, -0.15) is 4.98 Å². The molecule has 6 nitrogen and oxygen atoms in total. The average Bonchev–Trinajstić information content (AvgIpc) is 3.22. The van der Waals surface area contributed by atoms with Crippen LogP contribution in [0.4, 0.5) is 4.39 Å². The Morgan fingerprint density at radius 1 is 1.33 bits per heavy atom. The molecule has 0 radical (unpaired) electrons. The standard InChI is InChI=1S/C16H11FN4O2S/c1-9-2-3-10(6-12(9)17)14-19-13(23-20-14)7-21-8-18-15-11(16(21)22)4-5-24-15/h2-6,8H,7H2,1H3. The van der Waals surface area contributed by atoms with E-state index in [1.807, 2.05) is 5.38 Å². The largest absolute Gasteiger partial charge is 0.337 e. The zero-order valence-corrected chi connectivity index (χ0v) is 13.4. The molecule has 1 aromatic carbocycles. The lowest BCUT2D eigenvalue weighted by molar-refractivity contribution is 0.369. The molecule has 3 heterocycles. The third-order valence-electron chi connectivity index (χ3n) is 3.65. The molecule has 0 spiro atoms. The highest BCUT2D eigenvalue weighted by molar-refractivity contribution is 7.16. The second kappa shape index (κ2) is 5.64. The minimum Gasteiger partial charge on any atom is -0.337 e. The van der Waals surface area contributed by atoms with E-state index in [4.69, 9.17) is 4.52 Å². The van der Waals surface area contributed by atoms with Crippen molar-refractivity contribution in [2.45, 2.75) is 13.5 Å². The van der Waals surface area contributed by atoms with Gasteiger partial charge in [0, 0.05) is 5.56 Å². The van der Waals surface area contributed by atoms with Crippen molar-refractivity contribution in [2.24, 2.45) is 0 Å². The van der Waals surface area contributed by atoms with E-state index in [1.165, 1.54) is 28.3 Å². The van der Waals surface area contributed by atoms with Gasteiger partial charge in [0.2, 0.25) is 11.7 Å². The molecule has 0 fully saturated rings. The predicted octanol–water partition coefficient (Wildman–Crippen LogP) is 3.00. The molecule has 0 amide bonds. The topological polar surface area (TPSA) is 73.8 Å². The van der Waals surface area contributed by atoms with Crippen LogP contribution in [0.3, 0.4) is 0 Å². The van der Waals surface area contributed by atoms with E-state index in [0.717, 1.165) is 0 Å². The quantitative estimate of drug-likeness (QED) is 0.572. The third kappa shape index (κ3) is 2.50. The second-order valence-corrected chi connectivity index (χ2v) is 6.19. The molecule has 24 heavy (non-hydrogen) atoms. The van der Waals surface area contributed by atoms with Crippen LogP contribution in [-0.4, -0.2) is 19.7 Å². The summed E-state index contributed by atoms with van der Waals surface area (Å²) in [6.07, 6.45) is 1.45. The first kappa shape index (κ1) is 14.7. The Kier molecular flexibility index (Phi) is 3.46. The lowest BCUT2D eigenvalue weighted by atomic mass is 10.1. The van der Waals surface area contributed by atoms with Gasteiger partial charge in [0.05, 0.1) is 11.7 Å². The van der Waals surface area contributed by atoms with E-state index in [2.05, 4.69) is 15.1 Å². The van der Waals surface area contributed by atoms with Crippen LogP contribution in [0.1, 0.15) is 11.5 Å². The number of aryl methyl sites for hydroxylation is 1. The van der Waals surface area contributed by atoms with Crippen molar-refractivity contribution in [1.29, 1.82) is 0 Å². The van der Waals surface area contributed by atoms with E-state index in [1.54, 1.807) is 25.1 Å². The van der Waals surface area contributed by atoms with Crippen molar-refractivity contribution in [3.8, 4) is 11.4 Å². The molecule has 0 N–H and O–H groups in total. The van der Waals surface area contributed by atoms with Crippen molar-refractivity contribution < 1.29 is 8.91 Å². The van der Waals surface area contributed by atoms with E-state index < -0.39 is 0 Å². The Labute approximate surface area is 139 Å². The van der Waals surface area contributed by atoms with Crippen LogP contribution in [0.2, 0.25) is 0 Å². The SMILES string of the molecule is Cc1ccc(-c2noc(Cn3cnc4sccc4c3=O)n2)cc1F. The van der Waals surface area contributed by atoms with E-state index in [-0.39, 0.29) is 29.6 Å². The molecular weight excluding hydrogens is 331 g/mol. The number of rotatable bonds is 3. The third-order valence-corrected chi connectivity index (χ3v) is 4.47. The van der Waals surface area contributed by atoms with Gasteiger partial charge in [-0.3, -0.25) is 9.36 Å². The summed E-state index contributed by atoms with van der Waals surface area (Å²) in [4.78, 5) is 21.5. The Hall–Kier alpha value is -2.87. The normalized spacial score (nSPS) is 11.2. The van der Waals surface area contributed by atoms with Gasteiger partial charge in [-0.15, -0.1) is 11.3 Å². The highest BCUT2D eigenvalue weighted by Gasteiger charge is 2.12. The molecule has 0 atom stereocenters. The van der Waals surface area contributed by atoms with Crippen LogP contribution in [0.5, 0.6) is 0 Å². The molecule has 0 bridgehead atoms. The summed E-state index contributed by atoms with van der Waals surface area (Å²) in [7, 11) is 0. The summed E-state index contributed by atoms with van der Waals surface area (Å²) in [5, 5.41) is 6.23.